The molecule has 1 aliphatic heterocycles. The molecule has 0 amide bonds. The molecule has 5 nitrogen and oxygen atoms in total. The van der Waals surface area contributed by atoms with Gasteiger partial charge in [-0.05, 0) is 43.2 Å². The van der Waals surface area contributed by atoms with Crippen LogP contribution in [0, 0.1) is 5.92 Å². The quantitative estimate of drug-likeness (QED) is 0.884. The Balaban J connectivity index is 1.93. The third-order valence-electron chi connectivity index (χ3n) is 4.71. The monoisotopic (exact) mass is 289 g/mol. The molecule has 1 fully saturated rings. The predicted octanol–water partition coefficient (Wildman–Crippen LogP) is 1.83. The summed E-state index contributed by atoms with van der Waals surface area (Å²) in [5.74, 6) is 0.170. The number of carboxylic acid groups (broad SMARTS) is 1. The van der Waals surface area contributed by atoms with Crippen molar-refractivity contribution in [2.45, 2.75) is 45.1 Å². The summed E-state index contributed by atoms with van der Waals surface area (Å²) in [6.07, 6.45) is 5.17. The van der Waals surface area contributed by atoms with Crippen LogP contribution in [0.5, 0.6) is 0 Å². The van der Waals surface area contributed by atoms with Gasteiger partial charge in [-0.3, -0.25) is 0 Å². The Morgan fingerprint density at radius 3 is 3.00 bits per heavy atom. The van der Waals surface area contributed by atoms with Crippen molar-refractivity contribution in [3.05, 3.63) is 22.9 Å². The van der Waals surface area contributed by atoms with E-state index in [1.807, 2.05) is 6.07 Å². The van der Waals surface area contributed by atoms with E-state index in [2.05, 4.69) is 16.8 Å². The van der Waals surface area contributed by atoms with Crippen LogP contribution < -0.4 is 10.6 Å². The first-order chi connectivity index (χ1) is 10.1. The lowest BCUT2D eigenvalue weighted by atomic mass is 9.99. The zero-order valence-corrected chi connectivity index (χ0v) is 12.5. The molecule has 3 N–H and O–H groups in total. The van der Waals surface area contributed by atoms with Crippen LogP contribution in [0.3, 0.4) is 0 Å². The summed E-state index contributed by atoms with van der Waals surface area (Å²) < 4.78 is 0. The van der Waals surface area contributed by atoms with E-state index >= 15 is 0 Å². The zero-order valence-electron chi connectivity index (χ0n) is 12.5. The molecule has 0 radical (unpaired) electrons. The highest BCUT2D eigenvalue weighted by Crippen LogP contribution is 2.31. The van der Waals surface area contributed by atoms with E-state index < -0.39 is 5.97 Å². The maximum atomic E-state index is 11.6. The van der Waals surface area contributed by atoms with Gasteiger partial charge in [0, 0.05) is 24.8 Å². The summed E-state index contributed by atoms with van der Waals surface area (Å²) in [5, 5.41) is 9.49. The Morgan fingerprint density at radius 1 is 1.48 bits per heavy atom. The molecular formula is C16H23N3O2. The van der Waals surface area contributed by atoms with Gasteiger partial charge >= 0.3 is 5.97 Å². The van der Waals surface area contributed by atoms with E-state index in [9.17, 15) is 9.90 Å². The first-order valence-corrected chi connectivity index (χ1v) is 7.86. The molecule has 0 aromatic carbocycles. The molecule has 2 heterocycles. The molecule has 0 bridgehead atoms. The summed E-state index contributed by atoms with van der Waals surface area (Å²) in [6.45, 7) is 3.68. The first-order valence-electron chi connectivity index (χ1n) is 7.86. The number of nitrogens with two attached hydrogens (primary N) is 1. The summed E-state index contributed by atoms with van der Waals surface area (Å²) in [5.41, 5.74) is 8.72. The largest absolute Gasteiger partial charge is 0.478 e. The molecule has 114 valence electrons. The van der Waals surface area contributed by atoms with Gasteiger partial charge in [0.2, 0.25) is 0 Å². The molecule has 1 aromatic heterocycles. The van der Waals surface area contributed by atoms with Crippen molar-refractivity contribution >= 4 is 11.8 Å². The lowest BCUT2D eigenvalue weighted by molar-refractivity contribution is 0.0697. The second-order valence-corrected chi connectivity index (χ2v) is 6.24. The van der Waals surface area contributed by atoms with Crippen molar-refractivity contribution < 1.29 is 9.90 Å². The summed E-state index contributed by atoms with van der Waals surface area (Å²) in [6, 6.07) is 1.94. The van der Waals surface area contributed by atoms with Crippen LogP contribution in [0.2, 0.25) is 0 Å². The van der Waals surface area contributed by atoms with Gasteiger partial charge in [-0.2, -0.15) is 0 Å². The fraction of sp³-hybridized carbons (Fsp3) is 0.625. The van der Waals surface area contributed by atoms with Crippen LogP contribution in [0.25, 0.3) is 0 Å². The molecule has 3 rings (SSSR count). The summed E-state index contributed by atoms with van der Waals surface area (Å²) >= 11 is 0. The van der Waals surface area contributed by atoms with Crippen molar-refractivity contribution in [1.82, 2.24) is 4.98 Å². The number of hydrogen-bond acceptors (Lipinski definition) is 4. The predicted molar refractivity (Wildman–Crippen MR) is 81.8 cm³/mol. The van der Waals surface area contributed by atoms with Gasteiger partial charge < -0.3 is 15.7 Å². The summed E-state index contributed by atoms with van der Waals surface area (Å²) in [4.78, 5) is 18.3. The van der Waals surface area contributed by atoms with E-state index in [0.29, 0.717) is 23.8 Å². The molecule has 2 atom stereocenters. The molecule has 1 saturated heterocycles. The fourth-order valence-corrected chi connectivity index (χ4v) is 3.61. The van der Waals surface area contributed by atoms with Crippen LogP contribution in [0.15, 0.2) is 6.07 Å². The number of fused-ring (bicyclic) bond motifs is 1. The molecule has 1 aromatic rings. The number of aromatic carboxylic acids is 1. The number of anilines is 1. The molecule has 5 heteroatoms. The molecular weight excluding hydrogens is 266 g/mol. The number of aromatic nitrogens is 1. The molecule has 2 aliphatic rings. The lowest BCUT2D eigenvalue weighted by Crippen LogP contribution is -2.30. The van der Waals surface area contributed by atoms with Crippen molar-refractivity contribution in [2.24, 2.45) is 11.7 Å². The van der Waals surface area contributed by atoms with Gasteiger partial charge in [-0.25, -0.2) is 9.78 Å². The molecule has 1 aliphatic carbocycles. The van der Waals surface area contributed by atoms with Crippen molar-refractivity contribution in [3.63, 3.8) is 0 Å². The summed E-state index contributed by atoms with van der Waals surface area (Å²) in [7, 11) is 0. The average molecular weight is 289 g/mol. The Morgan fingerprint density at radius 2 is 2.29 bits per heavy atom. The van der Waals surface area contributed by atoms with E-state index in [-0.39, 0.29) is 6.04 Å². The lowest BCUT2D eigenvalue weighted by Gasteiger charge is -2.20. The third kappa shape index (κ3) is 2.62. The number of carboxylic acids is 1. The Hall–Kier alpha value is -1.62. The maximum Gasteiger partial charge on any atom is 0.339 e. The topological polar surface area (TPSA) is 79.5 Å². The van der Waals surface area contributed by atoms with E-state index in [0.717, 1.165) is 49.9 Å². The van der Waals surface area contributed by atoms with Crippen LogP contribution in [-0.4, -0.2) is 35.2 Å². The fourth-order valence-electron chi connectivity index (χ4n) is 3.61. The van der Waals surface area contributed by atoms with E-state index in [1.165, 1.54) is 0 Å². The first kappa shape index (κ1) is 14.3. The highest BCUT2D eigenvalue weighted by atomic mass is 16.4. The van der Waals surface area contributed by atoms with Crippen molar-refractivity contribution in [2.75, 3.05) is 18.0 Å². The number of pyridine rings is 1. The maximum absolute atomic E-state index is 11.6. The van der Waals surface area contributed by atoms with Crippen molar-refractivity contribution in [1.29, 1.82) is 0 Å². The SMILES string of the molecule is CCC[C@@H]1CN(c2nc3c(cc2C(=O)O)CCC3)C[C@H]1N. The highest BCUT2D eigenvalue weighted by molar-refractivity contribution is 5.93. The third-order valence-corrected chi connectivity index (χ3v) is 4.71. The van der Waals surface area contributed by atoms with Crippen LogP contribution in [0.4, 0.5) is 5.82 Å². The van der Waals surface area contributed by atoms with Crippen molar-refractivity contribution in [3.8, 4) is 0 Å². The number of nitrogens with zero attached hydrogens (tertiary/aromatic N) is 2. The number of rotatable bonds is 4. The minimum absolute atomic E-state index is 0.113. The standard InChI is InChI=1S/C16H23N3O2/c1-2-4-11-8-19(9-13(11)17)15-12(16(20)21)7-10-5-3-6-14(10)18-15/h7,11,13H,2-6,8-9,17H2,1H3,(H,20,21)/t11-,13-/m1/s1. The minimum atomic E-state index is -0.889. The van der Waals surface area contributed by atoms with Gasteiger partial charge in [0.05, 0.1) is 0 Å². The molecule has 0 spiro atoms. The second kappa shape index (κ2) is 5.64. The second-order valence-electron chi connectivity index (χ2n) is 6.24. The smallest absolute Gasteiger partial charge is 0.339 e. The minimum Gasteiger partial charge on any atom is -0.478 e. The van der Waals surface area contributed by atoms with Gasteiger partial charge in [-0.1, -0.05) is 13.3 Å². The number of aryl methyl sites for hydroxylation is 2. The normalized spacial score (nSPS) is 24.4. The van der Waals surface area contributed by atoms with Crippen LogP contribution in [0.1, 0.15) is 47.8 Å². The zero-order chi connectivity index (χ0) is 15.0. The number of hydrogen-bond donors (Lipinski definition) is 2. The number of carbonyl (C=O) groups is 1. The van der Waals surface area contributed by atoms with Gasteiger partial charge in [0.15, 0.2) is 0 Å². The van der Waals surface area contributed by atoms with Gasteiger partial charge in [0.1, 0.15) is 11.4 Å². The van der Waals surface area contributed by atoms with Crippen LogP contribution >= 0.6 is 0 Å². The molecule has 0 unspecified atom stereocenters. The van der Waals surface area contributed by atoms with Gasteiger partial charge in [-0.15, -0.1) is 0 Å². The van der Waals surface area contributed by atoms with E-state index in [4.69, 9.17) is 5.73 Å². The molecule has 0 saturated carbocycles. The Bertz CT molecular complexity index is 559. The Kier molecular flexibility index (Phi) is 3.85. The Labute approximate surface area is 125 Å². The van der Waals surface area contributed by atoms with Gasteiger partial charge in [0.25, 0.3) is 0 Å². The average Bonchev–Trinajstić information content (AvgIpc) is 3.04. The van der Waals surface area contributed by atoms with Crippen LogP contribution in [-0.2, 0) is 12.8 Å². The molecule has 21 heavy (non-hydrogen) atoms. The highest BCUT2D eigenvalue weighted by Gasteiger charge is 2.33. The van der Waals surface area contributed by atoms with E-state index in [1.54, 1.807) is 0 Å².